The summed E-state index contributed by atoms with van der Waals surface area (Å²) in [6.45, 7) is 1.65. The highest BCUT2D eigenvalue weighted by Crippen LogP contribution is 2.12. The van der Waals surface area contributed by atoms with Crippen LogP contribution in [0.2, 0.25) is 0 Å². The van der Waals surface area contributed by atoms with Crippen LogP contribution in [0.15, 0.2) is 0 Å². The molecule has 0 aliphatic carbocycles. The van der Waals surface area contributed by atoms with E-state index in [9.17, 15) is 19.2 Å². The van der Waals surface area contributed by atoms with Gasteiger partial charge in [-0.15, -0.1) is 0 Å². The van der Waals surface area contributed by atoms with Crippen molar-refractivity contribution >= 4 is 35.5 Å². The normalized spacial score (nSPS) is 12.8. The molecule has 0 heterocycles. The van der Waals surface area contributed by atoms with Crippen LogP contribution < -0.4 is 16.4 Å². The highest BCUT2D eigenvalue weighted by atomic mass is 32.2. The van der Waals surface area contributed by atoms with Gasteiger partial charge in [-0.1, -0.05) is 45.4 Å². The Morgan fingerprint density at radius 1 is 1.00 bits per heavy atom. The van der Waals surface area contributed by atoms with Crippen molar-refractivity contribution in [2.24, 2.45) is 5.73 Å². The van der Waals surface area contributed by atoms with Crippen LogP contribution in [0.4, 0.5) is 0 Å². The van der Waals surface area contributed by atoms with E-state index in [0.29, 0.717) is 5.75 Å². The molecule has 29 heavy (non-hydrogen) atoms. The molecule has 0 aromatic carbocycles. The smallest absolute Gasteiger partial charge is 0.322 e. The zero-order chi connectivity index (χ0) is 22.1. The van der Waals surface area contributed by atoms with Gasteiger partial charge in [-0.3, -0.25) is 19.2 Å². The van der Waals surface area contributed by atoms with Crippen molar-refractivity contribution in [1.29, 1.82) is 0 Å². The van der Waals surface area contributed by atoms with Crippen molar-refractivity contribution in [2.75, 3.05) is 18.1 Å². The Morgan fingerprint density at radius 3 is 2.21 bits per heavy atom. The summed E-state index contributed by atoms with van der Waals surface area (Å²) in [5.74, 6) is -2.27. The van der Waals surface area contributed by atoms with Gasteiger partial charge in [-0.05, 0) is 18.6 Å². The van der Waals surface area contributed by atoms with Gasteiger partial charge in [0.05, 0.1) is 0 Å². The minimum Gasteiger partial charge on any atom is -0.480 e. The van der Waals surface area contributed by atoms with E-state index < -0.39 is 42.4 Å². The Bertz CT molecular complexity index is 518. The van der Waals surface area contributed by atoms with E-state index in [0.717, 1.165) is 18.6 Å². The molecule has 168 valence electrons. The van der Waals surface area contributed by atoms with Crippen molar-refractivity contribution in [3.63, 3.8) is 0 Å². The molecular formula is C19H35N3O6S. The van der Waals surface area contributed by atoms with E-state index in [1.54, 1.807) is 0 Å². The number of nitrogens with one attached hydrogen (secondary N) is 2. The number of carboxylic acids is 2. The lowest BCUT2D eigenvalue weighted by atomic mass is 10.1. The van der Waals surface area contributed by atoms with Crippen LogP contribution in [0.1, 0.15) is 64.7 Å². The first-order chi connectivity index (χ1) is 13.8. The number of thioether (sulfide) groups is 1. The van der Waals surface area contributed by atoms with E-state index in [1.807, 2.05) is 0 Å². The molecule has 2 amide bonds. The molecule has 9 nitrogen and oxygen atoms in total. The second-order valence-corrected chi connectivity index (χ2v) is 8.06. The van der Waals surface area contributed by atoms with Crippen LogP contribution in [0.25, 0.3) is 0 Å². The van der Waals surface area contributed by atoms with Crippen molar-refractivity contribution in [3.05, 3.63) is 0 Å². The molecule has 6 N–H and O–H groups in total. The van der Waals surface area contributed by atoms with Crippen molar-refractivity contribution in [2.45, 2.75) is 76.8 Å². The van der Waals surface area contributed by atoms with E-state index in [2.05, 4.69) is 17.6 Å². The Labute approximate surface area is 176 Å². The summed E-state index contributed by atoms with van der Waals surface area (Å²) in [7, 11) is 0. The predicted molar refractivity (Wildman–Crippen MR) is 113 cm³/mol. The van der Waals surface area contributed by atoms with Gasteiger partial charge in [0.2, 0.25) is 11.8 Å². The molecule has 0 spiro atoms. The maximum absolute atomic E-state index is 12.2. The second-order valence-electron chi connectivity index (χ2n) is 6.91. The number of carbonyl (C=O) groups is 4. The Kier molecular flexibility index (Phi) is 16.0. The number of carboxylic acid groups (broad SMARTS) is 2. The highest BCUT2D eigenvalue weighted by Gasteiger charge is 2.22. The summed E-state index contributed by atoms with van der Waals surface area (Å²) in [4.78, 5) is 45.5. The average Bonchev–Trinajstić information content (AvgIpc) is 2.67. The predicted octanol–water partition coefficient (Wildman–Crippen LogP) is 1.35. The molecule has 0 aliphatic rings. The van der Waals surface area contributed by atoms with Crippen molar-refractivity contribution < 1.29 is 29.4 Å². The number of amides is 2. The first-order valence-electron chi connectivity index (χ1n) is 10.1. The van der Waals surface area contributed by atoms with Crippen LogP contribution >= 0.6 is 11.8 Å². The first-order valence-corrected chi connectivity index (χ1v) is 11.3. The lowest BCUT2D eigenvalue weighted by Gasteiger charge is -2.18. The largest absolute Gasteiger partial charge is 0.480 e. The third-order valence-electron chi connectivity index (χ3n) is 4.24. The van der Waals surface area contributed by atoms with Crippen LogP contribution in [-0.4, -0.2) is 64.1 Å². The zero-order valence-electron chi connectivity index (χ0n) is 17.2. The van der Waals surface area contributed by atoms with Gasteiger partial charge in [-0.2, -0.15) is 11.8 Å². The molecular weight excluding hydrogens is 398 g/mol. The number of hydrogen-bond donors (Lipinski definition) is 5. The molecule has 0 saturated heterocycles. The number of rotatable bonds is 18. The lowest BCUT2D eigenvalue weighted by molar-refractivity contribution is -0.139. The van der Waals surface area contributed by atoms with E-state index in [-0.39, 0.29) is 12.8 Å². The number of aliphatic carboxylic acids is 2. The van der Waals surface area contributed by atoms with E-state index >= 15 is 0 Å². The molecule has 0 rings (SSSR count). The number of nitrogens with two attached hydrogens (primary N) is 1. The highest BCUT2D eigenvalue weighted by molar-refractivity contribution is 7.99. The number of carbonyl (C=O) groups excluding carboxylic acids is 2. The van der Waals surface area contributed by atoms with Gasteiger partial charge in [0.25, 0.3) is 0 Å². The number of hydrogen-bond acceptors (Lipinski definition) is 6. The van der Waals surface area contributed by atoms with Crippen LogP contribution in [0, 0.1) is 0 Å². The molecule has 10 heteroatoms. The summed E-state index contributed by atoms with van der Waals surface area (Å²) in [6.07, 6.45) is 8.11. The summed E-state index contributed by atoms with van der Waals surface area (Å²) >= 11 is 1.52. The van der Waals surface area contributed by atoms with Gasteiger partial charge >= 0.3 is 11.9 Å². The molecule has 0 aliphatic heterocycles. The van der Waals surface area contributed by atoms with Gasteiger partial charge in [0.1, 0.15) is 18.6 Å². The monoisotopic (exact) mass is 433 g/mol. The SMILES string of the molecule is CCCCCCCCCSC[C@H](NC(=O)CC[C@H](N)C(=O)O)C(=O)NCC(=O)O. The maximum atomic E-state index is 12.2. The summed E-state index contributed by atoms with van der Waals surface area (Å²) in [5, 5.41) is 22.3. The summed E-state index contributed by atoms with van der Waals surface area (Å²) in [5.41, 5.74) is 5.37. The van der Waals surface area contributed by atoms with Gasteiger partial charge in [0.15, 0.2) is 0 Å². The van der Waals surface area contributed by atoms with Crippen LogP contribution in [-0.2, 0) is 19.2 Å². The maximum Gasteiger partial charge on any atom is 0.322 e. The lowest BCUT2D eigenvalue weighted by Crippen LogP contribution is -2.49. The van der Waals surface area contributed by atoms with Crippen molar-refractivity contribution in [1.82, 2.24) is 10.6 Å². The molecule has 0 bridgehead atoms. The fourth-order valence-electron chi connectivity index (χ4n) is 2.51. The third-order valence-corrected chi connectivity index (χ3v) is 5.39. The standard InChI is InChI=1S/C19H35N3O6S/c1-2-3-4-5-6-7-8-11-29-13-15(18(26)21-12-17(24)25)22-16(23)10-9-14(20)19(27)28/h14-15H,2-13,20H2,1H3,(H,21,26)(H,22,23)(H,24,25)(H,27,28)/t14-,15-/m0/s1. The minimum absolute atomic E-state index is 0.0458. The molecule has 0 saturated carbocycles. The van der Waals surface area contributed by atoms with Crippen LogP contribution in [0.3, 0.4) is 0 Å². The van der Waals surface area contributed by atoms with E-state index in [1.165, 1.54) is 43.9 Å². The van der Waals surface area contributed by atoms with Gasteiger partial charge in [0, 0.05) is 12.2 Å². The first kappa shape index (κ1) is 27.2. The fraction of sp³-hybridized carbons (Fsp3) is 0.789. The topological polar surface area (TPSA) is 159 Å². The molecule has 0 radical (unpaired) electrons. The Morgan fingerprint density at radius 2 is 1.62 bits per heavy atom. The quantitative estimate of drug-likeness (QED) is 0.203. The Hall–Kier alpha value is -1.81. The van der Waals surface area contributed by atoms with E-state index in [4.69, 9.17) is 15.9 Å². The second kappa shape index (κ2) is 17.1. The Balaban J connectivity index is 4.32. The average molecular weight is 434 g/mol. The summed E-state index contributed by atoms with van der Waals surface area (Å²) < 4.78 is 0. The van der Waals surface area contributed by atoms with Gasteiger partial charge < -0.3 is 26.6 Å². The minimum atomic E-state index is -1.20. The molecule has 0 aromatic heterocycles. The molecule has 0 aromatic rings. The molecule has 0 unspecified atom stereocenters. The molecule has 0 fully saturated rings. The molecule has 2 atom stereocenters. The zero-order valence-corrected chi connectivity index (χ0v) is 18.0. The fourth-order valence-corrected chi connectivity index (χ4v) is 3.55. The van der Waals surface area contributed by atoms with Crippen LogP contribution in [0.5, 0.6) is 0 Å². The third kappa shape index (κ3) is 15.8. The van der Waals surface area contributed by atoms with Gasteiger partial charge in [-0.25, -0.2) is 0 Å². The number of unbranched alkanes of at least 4 members (excludes halogenated alkanes) is 6. The van der Waals surface area contributed by atoms with Crippen molar-refractivity contribution in [3.8, 4) is 0 Å². The summed E-state index contributed by atoms with van der Waals surface area (Å²) in [6, 6.07) is -2.02.